The first-order valence-electron chi connectivity index (χ1n) is 6.53. The van der Waals surface area contributed by atoms with Crippen LogP contribution in [0.3, 0.4) is 0 Å². The molecule has 3 heteroatoms. The average molecular weight is 270 g/mol. The van der Waals surface area contributed by atoms with Crippen molar-refractivity contribution in [1.82, 2.24) is 4.90 Å². The van der Waals surface area contributed by atoms with Crippen LogP contribution in [0, 0.1) is 5.92 Å². The van der Waals surface area contributed by atoms with Gasteiger partial charge in [0, 0.05) is 22.7 Å². The molecule has 0 aliphatic rings. The fourth-order valence-corrected chi connectivity index (χ4v) is 2.49. The molecule has 102 valence electrons. The topological polar surface area (TPSA) is 23.5 Å². The molecule has 18 heavy (non-hydrogen) atoms. The highest BCUT2D eigenvalue weighted by atomic mass is 35.5. The molecule has 1 N–H and O–H groups in total. The minimum Gasteiger partial charge on any atom is -0.508 e. The number of aromatic hydroxyl groups is 1. The molecule has 0 fully saturated rings. The summed E-state index contributed by atoms with van der Waals surface area (Å²) in [4.78, 5) is 2.28. The highest BCUT2D eigenvalue weighted by molar-refractivity contribution is 6.30. The Morgan fingerprint density at radius 2 is 1.83 bits per heavy atom. The van der Waals surface area contributed by atoms with Gasteiger partial charge in [0.25, 0.3) is 0 Å². The van der Waals surface area contributed by atoms with E-state index in [1.807, 2.05) is 6.07 Å². The van der Waals surface area contributed by atoms with Crippen molar-refractivity contribution < 1.29 is 5.11 Å². The number of nitrogens with zero attached hydrogens (tertiary/aromatic N) is 1. The monoisotopic (exact) mass is 269 g/mol. The number of benzene rings is 1. The second-order valence-corrected chi connectivity index (χ2v) is 5.96. The largest absolute Gasteiger partial charge is 0.508 e. The highest BCUT2D eigenvalue weighted by Crippen LogP contribution is 2.31. The van der Waals surface area contributed by atoms with E-state index in [-0.39, 0.29) is 6.04 Å². The number of phenols is 1. The van der Waals surface area contributed by atoms with Gasteiger partial charge in [-0.05, 0) is 51.4 Å². The number of halogens is 1. The fourth-order valence-electron chi connectivity index (χ4n) is 2.31. The van der Waals surface area contributed by atoms with E-state index < -0.39 is 0 Å². The maximum Gasteiger partial charge on any atom is 0.120 e. The van der Waals surface area contributed by atoms with Crippen molar-refractivity contribution in [2.24, 2.45) is 5.92 Å². The van der Waals surface area contributed by atoms with Crippen LogP contribution in [0.5, 0.6) is 5.75 Å². The summed E-state index contributed by atoms with van der Waals surface area (Å²) in [7, 11) is 2.10. The van der Waals surface area contributed by atoms with E-state index in [2.05, 4.69) is 39.6 Å². The predicted octanol–water partition coefficient (Wildman–Crippen LogP) is 4.47. The number of hydrogen-bond donors (Lipinski definition) is 1. The lowest BCUT2D eigenvalue weighted by molar-refractivity contribution is 0.173. The summed E-state index contributed by atoms with van der Waals surface area (Å²) in [6, 6.07) is 5.84. The first-order valence-corrected chi connectivity index (χ1v) is 6.91. The van der Waals surface area contributed by atoms with Crippen molar-refractivity contribution in [1.29, 1.82) is 0 Å². The maximum absolute atomic E-state index is 9.93. The van der Waals surface area contributed by atoms with Gasteiger partial charge in [-0.3, -0.25) is 4.90 Å². The zero-order chi connectivity index (χ0) is 13.9. The standard InChI is InChI=1S/C15H24ClNO/c1-10(2)8-11(3)17(5)12(4)14-9-13(16)6-7-15(14)18/h6-7,9-12,18H,8H2,1-5H3. The van der Waals surface area contributed by atoms with Gasteiger partial charge in [0.15, 0.2) is 0 Å². The number of hydrogen-bond acceptors (Lipinski definition) is 2. The van der Waals surface area contributed by atoms with E-state index in [0.29, 0.717) is 22.7 Å². The lowest BCUT2D eigenvalue weighted by Gasteiger charge is -2.32. The van der Waals surface area contributed by atoms with E-state index in [9.17, 15) is 5.11 Å². The predicted molar refractivity (Wildman–Crippen MR) is 78.2 cm³/mol. The first kappa shape index (κ1) is 15.3. The lowest BCUT2D eigenvalue weighted by atomic mass is 10.00. The summed E-state index contributed by atoms with van der Waals surface area (Å²) < 4.78 is 0. The Labute approximate surface area is 116 Å². The van der Waals surface area contributed by atoms with Crippen molar-refractivity contribution in [3.8, 4) is 5.75 Å². The zero-order valence-electron chi connectivity index (χ0n) is 11.9. The van der Waals surface area contributed by atoms with Gasteiger partial charge >= 0.3 is 0 Å². The van der Waals surface area contributed by atoms with E-state index in [4.69, 9.17) is 11.6 Å². The van der Waals surface area contributed by atoms with Crippen LogP contribution in [0.4, 0.5) is 0 Å². The van der Waals surface area contributed by atoms with Gasteiger partial charge in [0.05, 0.1) is 0 Å². The Hall–Kier alpha value is -0.730. The molecule has 0 saturated carbocycles. The Morgan fingerprint density at radius 3 is 2.39 bits per heavy atom. The quantitative estimate of drug-likeness (QED) is 0.852. The molecule has 0 radical (unpaired) electrons. The SMILES string of the molecule is CC(C)CC(C)N(C)C(C)c1cc(Cl)ccc1O. The summed E-state index contributed by atoms with van der Waals surface area (Å²) in [5, 5.41) is 10.6. The van der Waals surface area contributed by atoms with Crippen LogP contribution in [0.1, 0.15) is 45.7 Å². The Morgan fingerprint density at radius 1 is 1.22 bits per heavy atom. The minimum atomic E-state index is 0.150. The Kier molecular flexibility index (Phi) is 5.48. The van der Waals surface area contributed by atoms with Crippen molar-refractivity contribution in [2.45, 2.75) is 46.2 Å². The third-order valence-corrected chi connectivity index (χ3v) is 3.79. The van der Waals surface area contributed by atoms with Gasteiger partial charge in [-0.1, -0.05) is 25.4 Å². The maximum atomic E-state index is 9.93. The van der Waals surface area contributed by atoms with Crippen molar-refractivity contribution in [3.63, 3.8) is 0 Å². The van der Waals surface area contributed by atoms with Crippen molar-refractivity contribution in [2.75, 3.05) is 7.05 Å². The molecule has 0 bridgehead atoms. The van der Waals surface area contributed by atoms with Gasteiger partial charge < -0.3 is 5.11 Å². The summed E-state index contributed by atoms with van der Waals surface area (Å²) in [6.45, 7) is 8.78. The minimum absolute atomic E-state index is 0.150. The number of phenolic OH excluding ortho intramolecular Hbond substituents is 1. The van der Waals surface area contributed by atoms with Crippen LogP contribution in [0.15, 0.2) is 18.2 Å². The lowest BCUT2D eigenvalue weighted by Crippen LogP contribution is -2.32. The van der Waals surface area contributed by atoms with E-state index in [1.54, 1.807) is 12.1 Å². The smallest absolute Gasteiger partial charge is 0.120 e. The Bertz CT molecular complexity index is 392. The summed E-state index contributed by atoms with van der Waals surface area (Å²) in [5.74, 6) is 0.984. The first-order chi connectivity index (χ1) is 8.32. The molecule has 1 rings (SSSR count). The molecule has 2 nitrogen and oxygen atoms in total. The molecule has 0 aromatic heterocycles. The van der Waals surface area contributed by atoms with Crippen LogP contribution in [0.2, 0.25) is 5.02 Å². The molecule has 0 saturated heterocycles. The van der Waals surface area contributed by atoms with E-state index >= 15 is 0 Å². The molecule has 1 aromatic carbocycles. The molecule has 0 aliphatic heterocycles. The summed E-state index contributed by atoms with van der Waals surface area (Å²) in [5.41, 5.74) is 0.889. The van der Waals surface area contributed by atoms with Gasteiger partial charge in [-0.15, -0.1) is 0 Å². The summed E-state index contributed by atoms with van der Waals surface area (Å²) >= 11 is 6.00. The molecule has 0 amide bonds. The molecular weight excluding hydrogens is 246 g/mol. The van der Waals surface area contributed by atoms with Crippen LogP contribution in [-0.4, -0.2) is 23.1 Å². The summed E-state index contributed by atoms with van der Waals surface area (Å²) in [6.07, 6.45) is 1.14. The van der Waals surface area contributed by atoms with E-state index in [0.717, 1.165) is 12.0 Å². The van der Waals surface area contributed by atoms with Crippen LogP contribution in [-0.2, 0) is 0 Å². The Balaban J connectivity index is 2.85. The molecule has 2 unspecified atom stereocenters. The van der Waals surface area contributed by atoms with Crippen LogP contribution in [0.25, 0.3) is 0 Å². The third-order valence-electron chi connectivity index (χ3n) is 3.56. The van der Waals surface area contributed by atoms with Crippen molar-refractivity contribution >= 4 is 11.6 Å². The highest BCUT2D eigenvalue weighted by Gasteiger charge is 2.20. The van der Waals surface area contributed by atoms with Crippen LogP contribution >= 0.6 is 11.6 Å². The molecular formula is C15H24ClNO. The van der Waals surface area contributed by atoms with Gasteiger partial charge in [0.1, 0.15) is 5.75 Å². The molecule has 2 atom stereocenters. The van der Waals surface area contributed by atoms with Gasteiger partial charge in [0.2, 0.25) is 0 Å². The molecule has 0 aliphatic carbocycles. The third kappa shape index (κ3) is 3.89. The molecule has 1 aromatic rings. The van der Waals surface area contributed by atoms with E-state index in [1.165, 1.54) is 0 Å². The number of rotatable bonds is 5. The second kappa shape index (κ2) is 6.44. The van der Waals surface area contributed by atoms with Crippen LogP contribution < -0.4 is 0 Å². The average Bonchev–Trinajstić information content (AvgIpc) is 2.29. The normalized spacial score (nSPS) is 15.1. The van der Waals surface area contributed by atoms with Crippen molar-refractivity contribution in [3.05, 3.63) is 28.8 Å². The fraction of sp³-hybridized carbons (Fsp3) is 0.600. The van der Waals surface area contributed by atoms with Gasteiger partial charge in [-0.2, -0.15) is 0 Å². The zero-order valence-corrected chi connectivity index (χ0v) is 12.7. The molecule has 0 spiro atoms. The van der Waals surface area contributed by atoms with Gasteiger partial charge in [-0.25, -0.2) is 0 Å². The molecule has 0 heterocycles. The second-order valence-electron chi connectivity index (χ2n) is 5.52.